The van der Waals surface area contributed by atoms with E-state index in [0.29, 0.717) is 19.7 Å². The summed E-state index contributed by atoms with van der Waals surface area (Å²) >= 11 is 0. The maximum absolute atomic E-state index is 12.2. The van der Waals surface area contributed by atoms with Gasteiger partial charge < -0.3 is 14.5 Å². The van der Waals surface area contributed by atoms with Crippen LogP contribution in [0.2, 0.25) is 0 Å². The smallest absolute Gasteiger partial charge is 0.248 e. The highest BCUT2D eigenvalue weighted by Gasteiger charge is 2.29. The zero-order valence-electron chi connectivity index (χ0n) is 13.3. The SMILES string of the molecule is CCOCC(=O)N1Cc2ccnn2C(CN(CC)CC)C1. The number of rotatable bonds is 7. The van der Waals surface area contributed by atoms with Crippen LogP contribution in [0.5, 0.6) is 0 Å². The largest absolute Gasteiger partial charge is 0.372 e. The fraction of sp³-hybridized carbons (Fsp3) is 0.733. The first-order valence-corrected chi connectivity index (χ1v) is 7.79. The summed E-state index contributed by atoms with van der Waals surface area (Å²) in [6, 6.07) is 2.21. The molecule has 2 heterocycles. The molecule has 21 heavy (non-hydrogen) atoms. The Labute approximate surface area is 126 Å². The average molecular weight is 294 g/mol. The normalized spacial score (nSPS) is 18.1. The number of hydrogen-bond acceptors (Lipinski definition) is 4. The van der Waals surface area contributed by atoms with E-state index in [-0.39, 0.29) is 18.6 Å². The number of amides is 1. The summed E-state index contributed by atoms with van der Waals surface area (Å²) in [5.41, 5.74) is 1.10. The van der Waals surface area contributed by atoms with Crippen LogP contribution in [0.4, 0.5) is 0 Å². The monoisotopic (exact) mass is 294 g/mol. The summed E-state index contributed by atoms with van der Waals surface area (Å²) in [5, 5.41) is 4.44. The minimum absolute atomic E-state index is 0.0637. The average Bonchev–Trinajstić information content (AvgIpc) is 2.98. The van der Waals surface area contributed by atoms with Gasteiger partial charge in [0.05, 0.1) is 18.3 Å². The summed E-state index contributed by atoms with van der Waals surface area (Å²) < 4.78 is 7.32. The molecule has 118 valence electrons. The minimum Gasteiger partial charge on any atom is -0.372 e. The molecule has 0 saturated heterocycles. The van der Waals surface area contributed by atoms with Crippen molar-refractivity contribution in [3.63, 3.8) is 0 Å². The highest BCUT2D eigenvalue weighted by atomic mass is 16.5. The van der Waals surface area contributed by atoms with Gasteiger partial charge in [0.1, 0.15) is 6.61 Å². The molecule has 1 aliphatic rings. The Morgan fingerprint density at radius 3 is 2.86 bits per heavy atom. The lowest BCUT2D eigenvalue weighted by Crippen LogP contribution is -2.46. The molecule has 0 N–H and O–H groups in total. The van der Waals surface area contributed by atoms with Crippen LogP contribution in [-0.2, 0) is 16.1 Å². The third-order valence-electron chi connectivity index (χ3n) is 4.03. The molecule has 0 aliphatic carbocycles. The summed E-state index contributed by atoms with van der Waals surface area (Å²) in [4.78, 5) is 16.5. The molecule has 6 nitrogen and oxygen atoms in total. The molecule has 1 aromatic rings. The number of nitrogens with zero attached hydrogens (tertiary/aromatic N) is 4. The zero-order valence-corrected chi connectivity index (χ0v) is 13.3. The molecule has 1 unspecified atom stereocenters. The predicted octanol–water partition coefficient (Wildman–Crippen LogP) is 1.14. The molecule has 2 rings (SSSR count). The second-order valence-corrected chi connectivity index (χ2v) is 5.32. The Morgan fingerprint density at radius 2 is 2.19 bits per heavy atom. The van der Waals surface area contributed by atoms with E-state index in [1.807, 2.05) is 24.1 Å². The molecule has 1 aromatic heterocycles. The van der Waals surface area contributed by atoms with Crippen LogP contribution in [0, 0.1) is 0 Å². The molecule has 1 amide bonds. The molecule has 0 bridgehead atoms. The second-order valence-electron chi connectivity index (χ2n) is 5.32. The second kappa shape index (κ2) is 7.56. The van der Waals surface area contributed by atoms with Crippen LogP contribution in [0.3, 0.4) is 0 Å². The molecule has 0 saturated carbocycles. The Hall–Kier alpha value is -1.40. The lowest BCUT2D eigenvalue weighted by Gasteiger charge is -2.36. The van der Waals surface area contributed by atoms with Crippen molar-refractivity contribution in [3.05, 3.63) is 18.0 Å². The first-order valence-electron chi connectivity index (χ1n) is 7.79. The third-order valence-corrected chi connectivity index (χ3v) is 4.03. The van der Waals surface area contributed by atoms with Gasteiger partial charge in [-0.25, -0.2) is 0 Å². The zero-order chi connectivity index (χ0) is 15.2. The van der Waals surface area contributed by atoms with E-state index >= 15 is 0 Å². The standard InChI is InChI=1S/C15H26N4O2/c1-4-17(5-2)9-14-11-18(15(20)12-21-6-3)10-13-7-8-16-19(13)14/h7-8,14H,4-6,9-12H2,1-3H3. The molecule has 1 atom stereocenters. The van der Waals surface area contributed by atoms with Gasteiger partial charge in [0, 0.05) is 25.9 Å². The van der Waals surface area contributed by atoms with E-state index in [2.05, 4.69) is 28.5 Å². The number of hydrogen-bond donors (Lipinski definition) is 0. The maximum Gasteiger partial charge on any atom is 0.248 e. The van der Waals surface area contributed by atoms with E-state index < -0.39 is 0 Å². The summed E-state index contributed by atoms with van der Waals surface area (Å²) in [6.45, 7) is 11.2. The lowest BCUT2D eigenvalue weighted by atomic mass is 10.1. The number of carbonyl (C=O) groups excluding carboxylic acids is 1. The van der Waals surface area contributed by atoms with Crippen molar-refractivity contribution in [2.75, 3.05) is 39.4 Å². The van der Waals surface area contributed by atoms with Crippen molar-refractivity contribution in [3.8, 4) is 0 Å². The van der Waals surface area contributed by atoms with Gasteiger partial charge in [0.15, 0.2) is 0 Å². The van der Waals surface area contributed by atoms with Crippen LogP contribution in [0.1, 0.15) is 32.5 Å². The number of aromatic nitrogens is 2. The van der Waals surface area contributed by atoms with Gasteiger partial charge in [0.25, 0.3) is 0 Å². The summed E-state index contributed by atoms with van der Waals surface area (Å²) in [6.07, 6.45) is 1.82. The van der Waals surface area contributed by atoms with Crippen molar-refractivity contribution in [2.24, 2.45) is 0 Å². The van der Waals surface area contributed by atoms with E-state index in [1.165, 1.54) is 0 Å². The quantitative estimate of drug-likeness (QED) is 0.757. The molecular weight excluding hydrogens is 268 g/mol. The van der Waals surface area contributed by atoms with Gasteiger partial charge in [-0.1, -0.05) is 13.8 Å². The van der Waals surface area contributed by atoms with Crippen LogP contribution in [0.15, 0.2) is 12.3 Å². The van der Waals surface area contributed by atoms with Crippen molar-refractivity contribution < 1.29 is 9.53 Å². The number of likely N-dealkylation sites (N-methyl/N-ethyl adjacent to an activating group) is 1. The van der Waals surface area contributed by atoms with Crippen molar-refractivity contribution in [2.45, 2.75) is 33.4 Å². The molecule has 6 heteroatoms. The molecule has 0 fully saturated rings. The van der Waals surface area contributed by atoms with Gasteiger partial charge in [-0.15, -0.1) is 0 Å². The molecule has 0 spiro atoms. The highest BCUT2D eigenvalue weighted by Crippen LogP contribution is 2.21. The van der Waals surface area contributed by atoms with Crippen LogP contribution in [-0.4, -0.2) is 64.9 Å². The predicted molar refractivity (Wildman–Crippen MR) is 81.0 cm³/mol. The van der Waals surface area contributed by atoms with E-state index in [9.17, 15) is 4.79 Å². The van der Waals surface area contributed by atoms with E-state index in [4.69, 9.17) is 4.74 Å². The van der Waals surface area contributed by atoms with Crippen LogP contribution in [0.25, 0.3) is 0 Å². The molecule has 0 aromatic carbocycles. The Balaban J connectivity index is 2.08. The summed E-state index contributed by atoms with van der Waals surface area (Å²) in [7, 11) is 0. The summed E-state index contributed by atoms with van der Waals surface area (Å²) in [5.74, 6) is 0.0637. The van der Waals surface area contributed by atoms with Gasteiger partial charge in [-0.2, -0.15) is 5.10 Å². The van der Waals surface area contributed by atoms with Crippen molar-refractivity contribution in [1.29, 1.82) is 0 Å². The fourth-order valence-corrected chi connectivity index (χ4v) is 2.77. The van der Waals surface area contributed by atoms with Crippen molar-refractivity contribution >= 4 is 5.91 Å². The Kier molecular flexibility index (Phi) is 5.76. The van der Waals surface area contributed by atoms with Crippen LogP contribution < -0.4 is 0 Å². The Bertz CT molecular complexity index is 456. The maximum atomic E-state index is 12.2. The molecule has 1 aliphatic heterocycles. The first kappa shape index (κ1) is 16.0. The number of ether oxygens (including phenoxy) is 1. The lowest BCUT2D eigenvalue weighted by molar-refractivity contribution is -0.138. The Morgan fingerprint density at radius 1 is 1.43 bits per heavy atom. The minimum atomic E-state index is 0.0637. The first-order chi connectivity index (χ1) is 10.2. The fourth-order valence-electron chi connectivity index (χ4n) is 2.77. The van der Waals surface area contributed by atoms with E-state index in [0.717, 1.165) is 25.3 Å². The van der Waals surface area contributed by atoms with Gasteiger partial charge in [-0.05, 0) is 26.1 Å². The van der Waals surface area contributed by atoms with Gasteiger partial charge in [0.2, 0.25) is 5.91 Å². The van der Waals surface area contributed by atoms with E-state index in [1.54, 1.807) is 0 Å². The van der Waals surface area contributed by atoms with Crippen LogP contribution >= 0.6 is 0 Å². The van der Waals surface area contributed by atoms with Gasteiger partial charge in [-0.3, -0.25) is 9.48 Å². The molecule has 0 radical (unpaired) electrons. The van der Waals surface area contributed by atoms with Crippen molar-refractivity contribution in [1.82, 2.24) is 19.6 Å². The van der Waals surface area contributed by atoms with Gasteiger partial charge >= 0.3 is 0 Å². The highest BCUT2D eigenvalue weighted by molar-refractivity contribution is 5.77. The molecular formula is C15H26N4O2. The third kappa shape index (κ3) is 3.83. The topological polar surface area (TPSA) is 50.6 Å². The number of carbonyl (C=O) groups is 1. The number of fused-ring (bicyclic) bond motifs is 1.